The Morgan fingerprint density at radius 1 is 0.672 bits per heavy atom. The second-order valence-corrected chi connectivity index (χ2v) is 14.0. The van der Waals surface area contributed by atoms with Crippen molar-refractivity contribution in [3.05, 3.63) is 130 Å². The highest BCUT2D eigenvalue weighted by molar-refractivity contribution is 5.96. The number of nitrogens with zero attached hydrogens (tertiary/aromatic N) is 12. The van der Waals surface area contributed by atoms with Gasteiger partial charge in [0, 0.05) is 41.6 Å². The molecule has 0 fully saturated rings. The highest BCUT2D eigenvalue weighted by Crippen LogP contribution is 2.30. The van der Waals surface area contributed by atoms with Crippen molar-refractivity contribution in [1.29, 1.82) is 0 Å². The second kappa shape index (κ2) is 17.3. The molecule has 0 atom stereocenters. The number of hydrogen-bond acceptors (Lipinski definition) is 12. The Kier molecular flexibility index (Phi) is 12.0. The van der Waals surface area contributed by atoms with E-state index in [0.717, 1.165) is 16.8 Å². The number of pyridine rings is 2. The fraction of sp³-hybridized carbons (Fsp3) is 0.250. The van der Waals surface area contributed by atoms with Crippen molar-refractivity contribution in [3.63, 3.8) is 0 Å². The molecule has 0 saturated heterocycles. The predicted octanol–water partition coefficient (Wildman–Crippen LogP) is 6.32. The molecule has 0 radical (unpaired) electrons. The summed E-state index contributed by atoms with van der Waals surface area (Å²) in [7, 11) is 0. The Morgan fingerprint density at radius 3 is 1.60 bits per heavy atom. The molecule has 0 aliphatic carbocycles. The van der Waals surface area contributed by atoms with E-state index in [-0.39, 0.29) is 35.1 Å². The van der Waals surface area contributed by atoms with Gasteiger partial charge in [-0.05, 0) is 89.1 Å². The fourth-order valence-electron chi connectivity index (χ4n) is 5.66. The highest BCUT2D eigenvalue weighted by atomic mass is 19.1. The van der Waals surface area contributed by atoms with Crippen LogP contribution in [-0.2, 0) is 6.54 Å². The van der Waals surface area contributed by atoms with Crippen LogP contribution in [0, 0.1) is 32.4 Å². The van der Waals surface area contributed by atoms with E-state index in [4.69, 9.17) is 0 Å². The minimum atomic E-state index is -1.37. The highest BCUT2D eigenvalue weighted by Gasteiger charge is 2.23. The van der Waals surface area contributed by atoms with Crippen LogP contribution >= 0.6 is 0 Å². The van der Waals surface area contributed by atoms with Gasteiger partial charge in [0.1, 0.15) is 11.6 Å². The molecule has 5 heterocycles. The van der Waals surface area contributed by atoms with E-state index in [9.17, 15) is 19.1 Å². The summed E-state index contributed by atoms with van der Waals surface area (Å²) in [6.45, 7) is 13.4. The molecule has 0 saturated carbocycles. The first-order valence-electron chi connectivity index (χ1n) is 18.1. The molecule has 5 aromatic heterocycles. The Balaban J connectivity index is 0.000000203. The molecular weight excluding hydrogens is 749 g/mol. The number of halogens is 2. The molecule has 18 heteroatoms. The van der Waals surface area contributed by atoms with Crippen LogP contribution in [0.15, 0.2) is 73.3 Å². The zero-order valence-corrected chi connectivity index (χ0v) is 32.7. The van der Waals surface area contributed by atoms with Gasteiger partial charge in [-0.3, -0.25) is 24.7 Å². The van der Waals surface area contributed by atoms with Gasteiger partial charge in [0.15, 0.2) is 11.6 Å². The molecule has 296 valence electrons. The molecule has 16 nitrogen and oxygen atoms in total. The molecule has 7 aromatic rings. The zero-order valence-electron chi connectivity index (χ0n) is 32.7. The quantitative estimate of drug-likeness (QED) is 0.156. The number of carboxylic acid groups (broad SMARTS) is 1. The lowest BCUT2D eigenvalue weighted by molar-refractivity contribution is 0.0691. The Bertz CT molecular complexity index is 2570. The number of nitrogens with one attached hydrogen (secondary N) is 1. The van der Waals surface area contributed by atoms with Crippen LogP contribution < -0.4 is 5.32 Å². The van der Waals surface area contributed by atoms with Gasteiger partial charge in [-0.1, -0.05) is 39.8 Å². The standard InChI is InChI=1S/C23H23FN8O.C17H16FN5O2/c1-13(2)22-29-30-31-32(22)17-7-18(20-6-5-14(3)9-27-20)21(24)19(8-17)23(33)28-12-16-11-25-15(4)10-26-16;1-9(2)16-20-21-22-23(16)11-6-12(14-5-4-10(3)8-19-14)15(18)13(7-11)17(24)25/h5-11,13H,12H2,1-4H3,(H,28,33);4-9H,1-3H3,(H,24,25). The van der Waals surface area contributed by atoms with E-state index in [1.165, 1.54) is 27.6 Å². The van der Waals surface area contributed by atoms with Crippen molar-refractivity contribution >= 4 is 11.9 Å². The number of hydrogen-bond donors (Lipinski definition) is 2. The minimum absolute atomic E-state index is 0.00859. The molecule has 0 bridgehead atoms. The van der Waals surface area contributed by atoms with Gasteiger partial charge in [-0.15, -0.1) is 10.2 Å². The van der Waals surface area contributed by atoms with Crippen molar-refractivity contribution in [2.75, 3.05) is 0 Å². The van der Waals surface area contributed by atoms with Crippen molar-refractivity contribution in [2.45, 2.75) is 66.8 Å². The van der Waals surface area contributed by atoms with E-state index in [2.05, 4.69) is 56.3 Å². The van der Waals surface area contributed by atoms with Gasteiger partial charge >= 0.3 is 5.97 Å². The Labute approximate surface area is 331 Å². The van der Waals surface area contributed by atoms with Crippen molar-refractivity contribution in [2.24, 2.45) is 0 Å². The average Bonchev–Trinajstić information content (AvgIpc) is 3.91. The zero-order chi connectivity index (χ0) is 41.7. The summed E-state index contributed by atoms with van der Waals surface area (Å²) in [4.78, 5) is 41.4. The Hall–Kier alpha value is -7.24. The van der Waals surface area contributed by atoms with Gasteiger partial charge in [0.05, 0.1) is 58.0 Å². The molecule has 58 heavy (non-hydrogen) atoms. The number of carbonyl (C=O) groups is 2. The lowest BCUT2D eigenvalue weighted by Crippen LogP contribution is -2.25. The summed E-state index contributed by atoms with van der Waals surface area (Å²) in [5.41, 5.74) is 4.41. The lowest BCUT2D eigenvalue weighted by atomic mass is 10.0. The number of aromatic nitrogens is 12. The molecule has 1 amide bonds. The molecule has 0 unspecified atom stereocenters. The number of amides is 1. The summed E-state index contributed by atoms with van der Waals surface area (Å²) in [5.74, 6) is -2.32. The first kappa shape index (κ1) is 40.4. The summed E-state index contributed by atoms with van der Waals surface area (Å²) in [5, 5.41) is 35.4. The fourth-order valence-corrected chi connectivity index (χ4v) is 5.66. The first-order valence-corrected chi connectivity index (χ1v) is 18.1. The van der Waals surface area contributed by atoms with E-state index >= 15 is 4.39 Å². The van der Waals surface area contributed by atoms with Crippen LogP contribution in [0.1, 0.15) is 94.4 Å². The number of rotatable bonds is 10. The van der Waals surface area contributed by atoms with Gasteiger partial charge < -0.3 is 10.4 Å². The summed E-state index contributed by atoms with van der Waals surface area (Å²) in [6, 6.07) is 12.7. The number of carbonyl (C=O) groups excluding carboxylic acids is 1. The van der Waals surface area contributed by atoms with Crippen LogP contribution in [0.3, 0.4) is 0 Å². The normalized spacial score (nSPS) is 11.1. The number of tetrazole rings is 2. The van der Waals surface area contributed by atoms with Gasteiger partial charge in [-0.25, -0.2) is 13.6 Å². The largest absolute Gasteiger partial charge is 0.478 e. The molecule has 2 aromatic carbocycles. The Morgan fingerprint density at radius 2 is 1.17 bits per heavy atom. The molecule has 0 aliphatic rings. The number of aromatic carboxylic acids is 1. The summed E-state index contributed by atoms with van der Waals surface area (Å²) in [6.07, 6.45) is 6.42. The third kappa shape index (κ3) is 8.90. The van der Waals surface area contributed by atoms with Crippen molar-refractivity contribution in [3.8, 4) is 33.9 Å². The maximum absolute atomic E-state index is 15.6. The number of benzene rings is 2. The molecular formula is C40H39F2N13O3. The average molecular weight is 788 g/mol. The topological polar surface area (TPSA) is 205 Å². The van der Waals surface area contributed by atoms with Crippen LogP contribution in [0.5, 0.6) is 0 Å². The van der Waals surface area contributed by atoms with Gasteiger partial charge in [0.25, 0.3) is 5.91 Å². The maximum Gasteiger partial charge on any atom is 0.338 e. The van der Waals surface area contributed by atoms with E-state index in [0.29, 0.717) is 40.1 Å². The van der Waals surface area contributed by atoms with Crippen LogP contribution in [0.2, 0.25) is 0 Å². The van der Waals surface area contributed by atoms with E-state index in [1.54, 1.807) is 49.1 Å². The second-order valence-electron chi connectivity index (χ2n) is 14.0. The number of aryl methyl sites for hydroxylation is 3. The van der Waals surface area contributed by atoms with Gasteiger partial charge in [0.2, 0.25) is 0 Å². The SMILES string of the molecule is Cc1ccc(-c2cc(-n3nnnc3C(C)C)cc(C(=O)NCc3cnc(C)cn3)c2F)nc1.Cc1ccc(-c2cc(-n3nnnc3C(C)C)cc(C(=O)O)c2F)nc1. The summed E-state index contributed by atoms with van der Waals surface area (Å²) < 4.78 is 33.2. The molecule has 7 rings (SSSR count). The van der Waals surface area contributed by atoms with Crippen LogP contribution in [0.4, 0.5) is 8.78 Å². The third-order valence-corrected chi connectivity index (χ3v) is 8.74. The smallest absolute Gasteiger partial charge is 0.338 e. The minimum Gasteiger partial charge on any atom is -0.478 e. The lowest BCUT2D eigenvalue weighted by Gasteiger charge is -2.14. The number of carboxylic acids is 1. The summed E-state index contributed by atoms with van der Waals surface area (Å²) >= 11 is 0. The van der Waals surface area contributed by atoms with Crippen LogP contribution in [-0.4, -0.2) is 77.3 Å². The molecule has 0 aliphatic heterocycles. The van der Waals surface area contributed by atoms with E-state index < -0.39 is 29.1 Å². The maximum atomic E-state index is 15.6. The molecule has 0 spiro atoms. The monoisotopic (exact) mass is 787 g/mol. The van der Waals surface area contributed by atoms with Crippen molar-refractivity contribution in [1.82, 2.24) is 65.7 Å². The molecule has 2 N–H and O–H groups in total. The predicted molar refractivity (Wildman–Crippen MR) is 207 cm³/mol. The van der Waals surface area contributed by atoms with E-state index in [1.807, 2.05) is 54.5 Å². The first-order chi connectivity index (χ1) is 27.7. The van der Waals surface area contributed by atoms with Crippen molar-refractivity contribution < 1.29 is 23.5 Å². The van der Waals surface area contributed by atoms with Gasteiger partial charge in [-0.2, -0.15) is 9.36 Å². The van der Waals surface area contributed by atoms with Crippen LogP contribution in [0.25, 0.3) is 33.9 Å². The third-order valence-electron chi connectivity index (χ3n) is 8.74.